The summed E-state index contributed by atoms with van der Waals surface area (Å²) in [6.45, 7) is 2.69. The van der Waals surface area contributed by atoms with E-state index in [1.165, 1.54) is 173 Å². The van der Waals surface area contributed by atoms with E-state index in [4.69, 9.17) is 18.9 Å². The molecule has 482 valence electrons. The van der Waals surface area contributed by atoms with Gasteiger partial charge in [-0.3, -0.25) is 4.79 Å². The van der Waals surface area contributed by atoms with Crippen LogP contribution in [0.2, 0.25) is 0 Å². The van der Waals surface area contributed by atoms with Gasteiger partial charge in [0.1, 0.15) is 48.8 Å². The summed E-state index contributed by atoms with van der Waals surface area (Å²) in [7, 11) is 0. The molecule has 0 radical (unpaired) electrons. The maximum atomic E-state index is 13.3. The largest absolute Gasteiger partial charge is 0.394 e. The van der Waals surface area contributed by atoms with Crippen molar-refractivity contribution in [2.45, 2.75) is 338 Å². The Morgan fingerprint density at radius 2 is 0.843 bits per heavy atom. The maximum Gasteiger partial charge on any atom is 0.220 e. The van der Waals surface area contributed by atoms with Crippen molar-refractivity contribution in [3.63, 3.8) is 0 Å². The van der Waals surface area contributed by atoms with Crippen molar-refractivity contribution in [3.05, 3.63) is 72.9 Å². The van der Waals surface area contributed by atoms with E-state index in [0.717, 1.165) is 57.8 Å². The Labute approximate surface area is 504 Å². The van der Waals surface area contributed by atoms with E-state index in [1.54, 1.807) is 6.08 Å². The fraction of sp³-hybridized carbons (Fsp3) is 0.812. The highest BCUT2D eigenvalue weighted by molar-refractivity contribution is 5.76. The van der Waals surface area contributed by atoms with E-state index in [1.807, 2.05) is 6.08 Å². The SMILES string of the molecule is CC/C=C\C/C=C\C/C=C\C/C=C\CCCCCCCCCCCCCCCCC(=O)NC(COC1OC(CO)C(OC2OC(CO)C(O)C(O)C2O)C(O)C1O)C(O)/C=C/CC/C=C/CCCCCCCCCCCCCCCCCC. The molecular formula is C69H123NO13. The molecule has 12 unspecified atom stereocenters. The van der Waals surface area contributed by atoms with Crippen LogP contribution >= 0.6 is 0 Å². The lowest BCUT2D eigenvalue weighted by molar-refractivity contribution is -0.359. The summed E-state index contributed by atoms with van der Waals surface area (Å²) in [6.07, 6.45) is 55.2. The molecule has 9 N–H and O–H groups in total. The highest BCUT2D eigenvalue weighted by Crippen LogP contribution is 2.30. The molecule has 2 rings (SSSR count). The summed E-state index contributed by atoms with van der Waals surface area (Å²) in [5, 5.41) is 87.3. The zero-order valence-corrected chi connectivity index (χ0v) is 52.2. The first-order chi connectivity index (χ1) is 40.6. The Morgan fingerprint density at radius 3 is 1.33 bits per heavy atom. The maximum absolute atomic E-state index is 13.3. The Bertz CT molecular complexity index is 1670. The van der Waals surface area contributed by atoms with Crippen molar-refractivity contribution in [2.75, 3.05) is 19.8 Å². The normalized spacial score (nSPS) is 24.3. The van der Waals surface area contributed by atoms with Gasteiger partial charge in [-0.2, -0.15) is 0 Å². The summed E-state index contributed by atoms with van der Waals surface area (Å²) in [5.74, 6) is -0.250. The van der Waals surface area contributed by atoms with Gasteiger partial charge in [0.25, 0.3) is 0 Å². The standard InChI is InChI=1S/C69H123NO13/c1-3-5-7-9-11-13-15-17-19-21-23-25-27-28-29-30-31-33-35-37-39-41-43-45-47-49-51-53-61(74)70-57(56-80-68-66(79)64(77)67(60(55-72)82-68)83-69-65(78)63(76)62(75)59(54-71)81-69)58(73)52-50-48-46-44-42-40-38-36-34-32-26-24-22-20-18-16-14-12-10-8-6-4-2/h5,7,11,13,17,19,23,25,42,44,50,52,57-60,62-69,71-73,75-79H,3-4,6,8-10,12,14-16,18,20-22,24,26-41,43,45-49,51,53-56H2,1-2H3,(H,70,74)/b7-5-,13-11-,19-17-,25-23-,44-42+,52-50+. The zero-order chi connectivity index (χ0) is 60.2. The number of unbranched alkanes of at least 4 members (excludes halogenated alkanes) is 31. The highest BCUT2D eigenvalue weighted by atomic mass is 16.7. The van der Waals surface area contributed by atoms with E-state index in [-0.39, 0.29) is 18.9 Å². The summed E-state index contributed by atoms with van der Waals surface area (Å²) in [4.78, 5) is 13.3. The van der Waals surface area contributed by atoms with E-state index in [9.17, 15) is 45.6 Å². The molecule has 14 heteroatoms. The van der Waals surface area contributed by atoms with Gasteiger partial charge in [0.15, 0.2) is 12.6 Å². The second-order valence-electron chi connectivity index (χ2n) is 23.6. The number of carbonyl (C=O) groups excluding carboxylic acids is 1. The van der Waals surface area contributed by atoms with E-state index < -0.39 is 86.8 Å². The highest BCUT2D eigenvalue weighted by Gasteiger charge is 2.51. The molecule has 0 bridgehead atoms. The minimum atomic E-state index is -1.79. The smallest absolute Gasteiger partial charge is 0.220 e. The third-order valence-electron chi connectivity index (χ3n) is 16.1. The van der Waals surface area contributed by atoms with Gasteiger partial charge < -0.3 is 65.1 Å². The van der Waals surface area contributed by atoms with Gasteiger partial charge in [0.05, 0.1) is 32.0 Å². The molecule has 2 aliphatic rings. The summed E-state index contributed by atoms with van der Waals surface area (Å²) < 4.78 is 22.8. The number of amides is 1. The Morgan fingerprint density at radius 1 is 0.446 bits per heavy atom. The van der Waals surface area contributed by atoms with Gasteiger partial charge in [0.2, 0.25) is 5.91 Å². The second-order valence-corrected chi connectivity index (χ2v) is 23.6. The van der Waals surface area contributed by atoms with Crippen LogP contribution in [0.4, 0.5) is 0 Å². The Hall–Kier alpha value is -2.57. The first kappa shape index (κ1) is 76.5. The molecule has 0 aromatic rings. The van der Waals surface area contributed by atoms with Gasteiger partial charge in [-0.05, 0) is 70.6 Å². The van der Waals surface area contributed by atoms with Crippen molar-refractivity contribution in [1.82, 2.24) is 5.32 Å². The minimum Gasteiger partial charge on any atom is -0.394 e. The number of nitrogens with one attached hydrogen (secondary N) is 1. The van der Waals surface area contributed by atoms with Gasteiger partial charge in [-0.15, -0.1) is 0 Å². The molecule has 0 saturated carbocycles. The number of hydrogen-bond acceptors (Lipinski definition) is 13. The predicted octanol–water partition coefficient (Wildman–Crippen LogP) is 13.1. The number of rotatable bonds is 54. The third kappa shape index (κ3) is 38.4. The van der Waals surface area contributed by atoms with Crippen LogP contribution in [0.25, 0.3) is 0 Å². The van der Waals surface area contributed by atoms with Crippen LogP contribution in [-0.2, 0) is 23.7 Å². The Kier molecular flexibility index (Phi) is 49.5. The minimum absolute atomic E-state index is 0.250. The molecule has 14 nitrogen and oxygen atoms in total. The number of allylic oxidation sites excluding steroid dienone is 11. The van der Waals surface area contributed by atoms with Crippen LogP contribution in [0.15, 0.2) is 72.9 Å². The first-order valence-corrected chi connectivity index (χ1v) is 33.7. The van der Waals surface area contributed by atoms with Gasteiger partial charge in [0, 0.05) is 6.42 Å². The monoisotopic (exact) mass is 1170 g/mol. The van der Waals surface area contributed by atoms with Crippen LogP contribution in [-0.4, -0.2) is 140 Å². The van der Waals surface area contributed by atoms with Crippen molar-refractivity contribution in [3.8, 4) is 0 Å². The van der Waals surface area contributed by atoms with Crippen LogP contribution in [0.5, 0.6) is 0 Å². The van der Waals surface area contributed by atoms with E-state index in [0.29, 0.717) is 12.8 Å². The lowest BCUT2D eigenvalue weighted by Gasteiger charge is -2.46. The van der Waals surface area contributed by atoms with Gasteiger partial charge in [-0.1, -0.05) is 260 Å². The lowest BCUT2D eigenvalue weighted by Crippen LogP contribution is -2.65. The summed E-state index contributed by atoms with van der Waals surface area (Å²) >= 11 is 0. The van der Waals surface area contributed by atoms with Crippen LogP contribution in [0, 0.1) is 0 Å². The fourth-order valence-corrected chi connectivity index (χ4v) is 10.8. The number of aliphatic hydroxyl groups excluding tert-OH is 8. The molecular weight excluding hydrogens is 1050 g/mol. The van der Waals surface area contributed by atoms with Crippen molar-refractivity contribution >= 4 is 5.91 Å². The first-order valence-electron chi connectivity index (χ1n) is 33.7. The van der Waals surface area contributed by atoms with Crippen LogP contribution in [0.1, 0.15) is 264 Å². The molecule has 0 aromatic carbocycles. The Balaban J connectivity index is 1.71. The second kappa shape index (κ2) is 53.7. The number of carbonyl (C=O) groups is 1. The number of hydrogen-bond donors (Lipinski definition) is 9. The van der Waals surface area contributed by atoms with Crippen molar-refractivity contribution < 1.29 is 64.6 Å². The molecule has 83 heavy (non-hydrogen) atoms. The average Bonchev–Trinajstić information content (AvgIpc) is 3.65. The molecule has 2 fully saturated rings. The summed E-state index contributed by atoms with van der Waals surface area (Å²) in [6, 6.07) is -0.936. The summed E-state index contributed by atoms with van der Waals surface area (Å²) in [5.41, 5.74) is 0. The number of aliphatic hydroxyl groups is 8. The zero-order valence-electron chi connectivity index (χ0n) is 52.2. The fourth-order valence-electron chi connectivity index (χ4n) is 10.8. The quantitative estimate of drug-likeness (QED) is 0.0204. The molecule has 1 amide bonds. The van der Waals surface area contributed by atoms with Crippen LogP contribution in [0.3, 0.4) is 0 Å². The van der Waals surface area contributed by atoms with Crippen molar-refractivity contribution in [2.24, 2.45) is 0 Å². The van der Waals surface area contributed by atoms with Crippen molar-refractivity contribution in [1.29, 1.82) is 0 Å². The topological polar surface area (TPSA) is 228 Å². The molecule has 2 heterocycles. The van der Waals surface area contributed by atoms with Gasteiger partial charge >= 0.3 is 0 Å². The van der Waals surface area contributed by atoms with Crippen LogP contribution < -0.4 is 5.32 Å². The molecule has 12 atom stereocenters. The molecule has 0 spiro atoms. The van der Waals surface area contributed by atoms with E-state index >= 15 is 0 Å². The average molecular weight is 1170 g/mol. The molecule has 2 aliphatic heterocycles. The molecule has 2 saturated heterocycles. The number of ether oxygens (including phenoxy) is 4. The lowest BCUT2D eigenvalue weighted by atomic mass is 9.97. The third-order valence-corrected chi connectivity index (χ3v) is 16.1. The predicted molar refractivity (Wildman–Crippen MR) is 337 cm³/mol. The molecule has 0 aliphatic carbocycles. The van der Waals surface area contributed by atoms with Gasteiger partial charge in [-0.25, -0.2) is 0 Å². The van der Waals surface area contributed by atoms with E-state index in [2.05, 4.69) is 79.9 Å². The molecule has 0 aromatic heterocycles.